The number of nitrogens with one attached hydrogen (secondary N) is 1. The predicted molar refractivity (Wildman–Crippen MR) is 113 cm³/mol. The van der Waals surface area contributed by atoms with Crippen LogP contribution in [0.2, 0.25) is 0 Å². The zero-order chi connectivity index (χ0) is 22.0. The molecule has 7 nitrogen and oxygen atoms in total. The normalized spacial score (nSPS) is 13.2. The van der Waals surface area contributed by atoms with Crippen molar-refractivity contribution in [3.8, 4) is 11.3 Å². The molecule has 0 fully saturated rings. The van der Waals surface area contributed by atoms with Crippen LogP contribution in [0.1, 0.15) is 31.4 Å². The van der Waals surface area contributed by atoms with Crippen molar-refractivity contribution >= 4 is 20.9 Å². The Morgan fingerprint density at radius 2 is 2.00 bits per heavy atom. The van der Waals surface area contributed by atoms with Crippen molar-refractivity contribution in [1.29, 1.82) is 0 Å². The summed E-state index contributed by atoms with van der Waals surface area (Å²) in [5.74, 6) is -0.0373. The summed E-state index contributed by atoms with van der Waals surface area (Å²) >= 11 is 0. The van der Waals surface area contributed by atoms with Gasteiger partial charge in [0.05, 0.1) is 28.6 Å². The number of hydrogen-bond donors (Lipinski definition) is 1. The fourth-order valence-corrected chi connectivity index (χ4v) is 4.49. The molecule has 4 rings (SSSR count). The molecule has 0 aliphatic heterocycles. The van der Waals surface area contributed by atoms with E-state index in [9.17, 15) is 17.2 Å². The van der Waals surface area contributed by atoms with Crippen LogP contribution < -0.4 is 0 Å². The van der Waals surface area contributed by atoms with E-state index in [1.165, 1.54) is 12.4 Å². The summed E-state index contributed by atoms with van der Waals surface area (Å²) in [6.07, 6.45) is 3.87. The third kappa shape index (κ3) is 4.34. The van der Waals surface area contributed by atoms with E-state index in [-0.39, 0.29) is 23.5 Å². The second-order valence-corrected chi connectivity index (χ2v) is 9.41. The fraction of sp³-hybridized carbons (Fsp3) is 0.286. The molecule has 0 saturated heterocycles. The zero-order valence-corrected chi connectivity index (χ0v) is 17.6. The number of H-pyrrole nitrogens is 1. The number of aromatic amines is 1. The molecule has 3 heterocycles. The van der Waals surface area contributed by atoms with Gasteiger partial charge in [0.25, 0.3) is 0 Å². The lowest BCUT2D eigenvalue weighted by molar-refractivity contribution is 0.129. The number of sulfone groups is 1. The maximum Gasteiger partial charge on any atom is 0.238 e. The maximum atomic E-state index is 13.0. The lowest BCUT2D eigenvalue weighted by atomic mass is 10.0. The molecule has 10 heteroatoms. The summed E-state index contributed by atoms with van der Waals surface area (Å²) in [4.78, 5) is 11.7. The number of rotatable bonds is 8. The topological polar surface area (TPSA) is 93.5 Å². The Hall–Kier alpha value is -3.14. The van der Waals surface area contributed by atoms with Crippen molar-refractivity contribution in [2.24, 2.45) is 0 Å². The summed E-state index contributed by atoms with van der Waals surface area (Å²) in [5, 5.41) is 5.22. The van der Waals surface area contributed by atoms with Gasteiger partial charge in [0, 0.05) is 29.8 Å². The van der Waals surface area contributed by atoms with E-state index in [1.54, 1.807) is 48.4 Å². The highest BCUT2D eigenvalue weighted by atomic mass is 32.2. The number of benzene rings is 1. The Morgan fingerprint density at radius 3 is 2.77 bits per heavy atom. The highest BCUT2D eigenvalue weighted by Gasteiger charge is 2.21. The number of nitrogens with zero attached hydrogens (tertiary/aromatic N) is 4. The molecular formula is C21H21F2N5O2S. The van der Waals surface area contributed by atoms with Crippen molar-refractivity contribution in [3.05, 3.63) is 60.8 Å². The van der Waals surface area contributed by atoms with Crippen LogP contribution in [-0.2, 0) is 9.84 Å². The van der Waals surface area contributed by atoms with E-state index in [2.05, 4.69) is 20.1 Å². The molecule has 0 aliphatic carbocycles. The first kappa shape index (κ1) is 21.1. The average molecular weight is 445 g/mol. The van der Waals surface area contributed by atoms with Crippen LogP contribution in [0.3, 0.4) is 0 Å². The SMILES string of the molecule is CCS(=O)(=O)c1cccc(C(CCC(F)F)n2cc(-c3ncnc4[nH]ccc34)cn2)c1. The minimum Gasteiger partial charge on any atom is -0.346 e. The van der Waals surface area contributed by atoms with Crippen molar-refractivity contribution in [2.75, 3.05) is 5.75 Å². The Kier molecular flexibility index (Phi) is 5.81. The first-order chi connectivity index (χ1) is 14.9. The number of alkyl halides is 2. The third-order valence-corrected chi connectivity index (χ3v) is 6.92. The molecule has 1 atom stereocenters. The molecule has 3 aromatic heterocycles. The van der Waals surface area contributed by atoms with E-state index in [0.717, 1.165) is 5.39 Å². The molecule has 31 heavy (non-hydrogen) atoms. The van der Waals surface area contributed by atoms with Crippen LogP contribution in [0.4, 0.5) is 8.78 Å². The second-order valence-electron chi connectivity index (χ2n) is 7.13. The lowest BCUT2D eigenvalue weighted by Crippen LogP contribution is -2.14. The summed E-state index contributed by atoms with van der Waals surface area (Å²) in [6, 6.07) is 7.75. The number of fused-ring (bicyclic) bond motifs is 1. The van der Waals surface area contributed by atoms with Crippen LogP contribution in [0, 0.1) is 0 Å². The van der Waals surface area contributed by atoms with Gasteiger partial charge in [-0.25, -0.2) is 27.2 Å². The largest absolute Gasteiger partial charge is 0.346 e. The molecule has 0 spiro atoms. The van der Waals surface area contributed by atoms with Gasteiger partial charge in [-0.15, -0.1) is 0 Å². The van der Waals surface area contributed by atoms with Gasteiger partial charge in [-0.05, 0) is 30.2 Å². The molecule has 1 N–H and O–H groups in total. The highest BCUT2D eigenvalue weighted by Crippen LogP contribution is 2.30. The van der Waals surface area contributed by atoms with Gasteiger partial charge in [-0.1, -0.05) is 19.1 Å². The predicted octanol–water partition coefficient (Wildman–Crippen LogP) is 4.25. The maximum absolute atomic E-state index is 13.0. The first-order valence-corrected chi connectivity index (χ1v) is 11.5. The third-order valence-electron chi connectivity index (χ3n) is 5.19. The molecule has 0 amide bonds. The smallest absolute Gasteiger partial charge is 0.238 e. The van der Waals surface area contributed by atoms with Crippen LogP contribution in [0.15, 0.2) is 60.1 Å². The van der Waals surface area contributed by atoms with Gasteiger partial charge in [0.1, 0.15) is 12.0 Å². The van der Waals surface area contributed by atoms with Gasteiger partial charge in [0.2, 0.25) is 6.43 Å². The molecule has 0 saturated carbocycles. The molecule has 162 valence electrons. The minimum absolute atomic E-state index is 0.0373. The van der Waals surface area contributed by atoms with E-state index < -0.39 is 22.3 Å². The molecule has 1 unspecified atom stereocenters. The van der Waals surface area contributed by atoms with Gasteiger partial charge >= 0.3 is 0 Å². The second kappa shape index (κ2) is 8.54. The molecule has 0 radical (unpaired) electrons. The summed E-state index contributed by atoms with van der Waals surface area (Å²) in [6.45, 7) is 1.57. The van der Waals surface area contributed by atoms with Crippen molar-refractivity contribution in [3.63, 3.8) is 0 Å². The summed E-state index contributed by atoms with van der Waals surface area (Å²) in [5.41, 5.74) is 2.68. The lowest BCUT2D eigenvalue weighted by Gasteiger charge is -2.19. The molecule has 4 aromatic rings. The molecule has 0 aliphatic rings. The Labute approximate surface area is 178 Å². The Morgan fingerprint density at radius 1 is 1.16 bits per heavy atom. The fourth-order valence-electron chi connectivity index (χ4n) is 3.55. The summed E-state index contributed by atoms with van der Waals surface area (Å²) < 4.78 is 52.2. The standard InChI is InChI=1S/C21H21F2N5O2S/c1-2-31(29,30)16-5-3-4-14(10-16)18(6-7-19(22)23)28-12-15(11-27-28)20-17-8-9-24-21(17)26-13-25-20/h3-5,8-13,18-19H,2,6-7H2,1H3,(H,24,25,26). The van der Waals surface area contributed by atoms with Gasteiger partial charge < -0.3 is 4.98 Å². The number of aromatic nitrogens is 5. The molecular weight excluding hydrogens is 424 g/mol. The monoisotopic (exact) mass is 445 g/mol. The van der Waals surface area contributed by atoms with Crippen LogP contribution in [0.25, 0.3) is 22.3 Å². The van der Waals surface area contributed by atoms with E-state index in [0.29, 0.717) is 22.5 Å². The zero-order valence-electron chi connectivity index (χ0n) is 16.7. The van der Waals surface area contributed by atoms with Gasteiger partial charge in [-0.3, -0.25) is 4.68 Å². The average Bonchev–Trinajstić information content (AvgIpc) is 3.43. The number of hydrogen-bond acceptors (Lipinski definition) is 5. The van der Waals surface area contributed by atoms with E-state index in [4.69, 9.17) is 0 Å². The highest BCUT2D eigenvalue weighted by molar-refractivity contribution is 7.91. The minimum atomic E-state index is -3.42. The quantitative estimate of drug-likeness (QED) is 0.438. The van der Waals surface area contributed by atoms with Gasteiger partial charge in [0.15, 0.2) is 9.84 Å². The van der Waals surface area contributed by atoms with Crippen molar-refractivity contribution in [1.82, 2.24) is 24.7 Å². The van der Waals surface area contributed by atoms with Crippen molar-refractivity contribution < 1.29 is 17.2 Å². The van der Waals surface area contributed by atoms with Crippen LogP contribution >= 0.6 is 0 Å². The molecule has 0 bridgehead atoms. The van der Waals surface area contributed by atoms with Crippen molar-refractivity contribution in [2.45, 2.75) is 37.1 Å². The Bertz CT molecular complexity index is 1300. The van der Waals surface area contributed by atoms with Crippen LogP contribution in [-0.4, -0.2) is 45.3 Å². The van der Waals surface area contributed by atoms with E-state index >= 15 is 0 Å². The van der Waals surface area contributed by atoms with Gasteiger partial charge in [-0.2, -0.15) is 5.10 Å². The van der Waals surface area contributed by atoms with E-state index in [1.807, 2.05) is 6.07 Å². The Balaban J connectivity index is 1.75. The van der Waals surface area contributed by atoms with Crippen LogP contribution in [0.5, 0.6) is 0 Å². The number of halogens is 2. The summed E-state index contributed by atoms with van der Waals surface area (Å²) in [7, 11) is -3.42. The first-order valence-electron chi connectivity index (χ1n) is 9.82. The molecule has 1 aromatic carbocycles.